The Labute approximate surface area is 130 Å². The zero-order valence-corrected chi connectivity index (χ0v) is 13.8. The molecule has 0 radical (unpaired) electrons. The number of hydrogen-bond donors (Lipinski definition) is 0. The van der Waals surface area contributed by atoms with Crippen molar-refractivity contribution in [3.8, 4) is 0 Å². The van der Waals surface area contributed by atoms with Crippen LogP contribution in [0.25, 0.3) is 0 Å². The summed E-state index contributed by atoms with van der Waals surface area (Å²) < 4.78 is 15.7. The van der Waals surface area contributed by atoms with Crippen molar-refractivity contribution in [2.75, 3.05) is 7.11 Å². The van der Waals surface area contributed by atoms with Crippen LogP contribution in [0.4, 0.5) is 0 Å². The maximum absolute atomic E-state index is 12.4. The molecule has 6 heteroatoms. The summed E-state index contributed by atoms with van der Waals surface area (Å²) in [5, 5.41) is 0. The molecule has 1 aliphatic carbocycles. The highest BCUT2D eigenvalue weighted by molar-refractivity contribution is 6.03. The summed E-state index contributed by atoms with van der Waals surface area (Å²) in [6.45, 7) is 7.81. The fourth-order valence-electron chi connectivity index (χ4n) is 2.04. The average molecular weight is 310 g/mol. The molecule has 0 amide bonds. The van der Waals surface area contributed by atoms with Crippen molar-refractivity contribution in [2.45, 2.75) is 46.6 Å². The Balaban J connectivity index is 3.30. The van der Waals surface area contributed by atoms with E-state index in [0.29, 0.717) is 12.0 Å². The van der Waals surface area contributed by atoms with Crippen LogP contribution < -0.4 is 0 Å². The van der Waals surface area contributed by atoms with Crippen LogP contribution in [0.2, 0.25) is 0 Å². The molecule has 0 saturated carbocycles. The van der Waals surface area contributed by atoms with Crippen LogP contribution in [0, 0.1) is 5.92 Å². The first-order valence-electron chi connectivity index (χ1n) is 7.10. The lowest BCUT2D eigenvalue weighted by Crippen LogP contribution is -2.46. The van der Waals surface area contributed by atoms with Crippen molar-refractivity contribution in [2.24, 2.45) is 5.92 Å². The summed E-state index contributed by atoms with van der Waals surface area (Å²) in [6, 6.07) is 0. The van der Waals surface area contributed by atoms with Gasteiger partial charge in [-0.25, -0.2) is 0 Å². The second-order valence-corrected chi connectivity index (χ2v) is 5.39. The van der Waals surface area contributed by atoms with Crippen LogP contribution in [-0.4, -0.2) is 30.4 Å². The lowest BCUT2D eigenvalue weighted by atomic mass is 9.88. The van der Waals surface area contributed by atoms with Crippen molar-refractivity contribution in [1.82, 2.24) is 0 Å². The van der Waals surface area contributed by atoms with Gasteiger partial charge in [-0.1, -0.05) is 13.8 Å². The highest BCUT2D eigenvalue weighted by Gasteiger charge is 2.47. The maximum Gasteiger partial charge on any atom is 0.310 e. The molecule has 6 nitrogen and oxygen atoms in total. The summed E-state index contributed by atoms with van der Waals surface area (Å²) in [6.07, 6.45) is 1.82. The number of hydrogen-bond acceptors (Lipinski definition) is 6. The van der Waals surface area contributed by atoms with Gasteiger partial charge in [0.05, 0.1) is 13.0 Å². The fourth-order valence-corrected chi connectivity index (χ4v) is 2.04. The molecule has 22 heavy (non-hydrogen) atoms. The Morgan fingerprint density at radius 3 is 2.41 bits per heavy atom. The van der Waals surface area contributed by atoms with E-state index in [2.05, 4.69) is 0 Å². The lowest BCUT2D eigenvalue weighted by Gasteiger charge is -2.33. The summed E-state index contributed by atoms with van der Waals surface area (Å²) in [4.78, 5) is 35.9. The molecule has 0 aromatic rings. The lowest BCUT2D eigenvalue weighted by molar-refractivity contribution is -0.170. The minimum absolute atomic E-state index is 0.0130. The molecule has 0 aromatic heterocycles. The van der Waals surface area contributed by atoms with E-state index in [1.165, 1.54) is 27.0 Å². The number of allylic oxidation sites excluding steroid dienone is 1. The number of rotatable bonds is 5. The van der Waals surface area contributed by atoms with Crippen molar-refractivity contribution in [3.63, 3.8) is 0 Å². The summed E-state index contributed by atoms with van der Waals surface area (Å²) >= 11 is 0. The molecule has 0 bridgehead atoms. The van der Waals surface area contributed by atoms with Gasteiger partial charge in [0.1, 0.15) is 5.76 Å². The molecule has 1 aliphatic rings. The molecule has 0 spiro atoms. The molecule has 0 aliphatic heterocycles. The summed E-state index contributed by atoms with van der Waals surface area (Å²) in [5.74, 6) is -1.74. The van der Waals surface area contributed by atoms with Gasteiger partial charge in [0.25, 0.3) is 0 Å². The predicted molar refractivity (Wildman–Crippen MR) is 78.5 cm³/mol. The van der Waals surface area contributed by atoms with Gasteiger partial charge in [0.2, 0.25) is 11.4 Å². The Kier molecular flexibility index (Phi) is 5.52. The molecular formula is C16H22O6. The van der Waals surface area contributed by atoms with Crippen LogP contribution >= 0.6 is 0 Å². The second kappa shape index (κ2) is 6.77. The number of carbonyl (C=O) groups excluding carboxylic acids is 3. The standard InChI is InChI=1S/C16H22O6/c1-7-9(2)15(19)22-16(5)13(18)8-12(20-6)10(3)14(16)21-11(4)17/h8-9H,7H2,1-6H3/t9-,16-/m1/s1. The van der Waals surface area contributed by atoms with Crippen molar-refractivity contribution in [3.05, 3.63) is 23.2 Å². The predicted octanol–water partition coefficient (Wildman–Crippen LogP) is 2.28. The molecule has 2 atom stereocenters. The topological polar surface area (TPSA) is 78.9 Å². The average Bonchev–Trinajstić information content (AvgIpc) is 2.46. The van der Waals surface area contributed by atoms with Crippen LogP contribution in [0.3, 0.4) is 0 Å². The Hall–Kier alpha value is -2.11. The Bertz CT molecular complexity index is 557. The van der Waals surface area contributed by atoms with Gasteiger partial charge in [-0.15, -0.1) is 0 Å². The maximum atomic E-state index is 12.4. The van der Waals surface area contributed by atoms with Gasteiger partial charge >= 0.3 is 11.9 Å². The molecule has 0 N–H and O–H groups in total. The third-order valence-corrected chi connectivity index (χ3v) is 3.66. The SMILES string of the molecule is CC[C@@H](C)C(=O)O[C@]1(C)C(=O)C=C(OC)C(C)=C1OC(C)=O. The van der Waals surface area contributed by atoms with Crippen molar-refractivity contribution in [1.29, 1.82) is 0 Å². The number of carbonyl (C=O) groups is 3. The Morgan fingerprint density at radius 2 is 1.95 bits per heavy atom. The third kappa shape index (κ3) is 3.37. The molecule has 122 valence electrons. The molecule has 0 unspecified atom stereocenters. The summed E-state index contributed by atoms with van der Waals surface area (Å²) in [5.41, 5.74) is -1.23. The molecule has 0 fully saturated rings. The smallest absolute Gasteiger partial charge is 0.310 e. The second-order valence-electron chi connectivity index (χ2n) is 5.39. The van der Waals surface area contributed by atoms with Crippen LogP contribution in [-0.2, 0) is 28.6 Å². The first-order chi connectivity index (χ1) is 10.2. The van der Waals surface area contributed by atoms with E-state index < -0.39 is 23.3 Å². The minimum Gasteiger partial charge on any atom is -0.496 e. The van der Waals surface area contributed by atoms with Crippen LogP contribution in [0.5, 0.6) is 0 Å². The monoisotopic (exact) mass is 310 g/mol. The van der Waals surface area contributed by atoms with Gasteiger partial charge in [0, 0.05) is 18.6 Å². The third-order valence-electron chi connectivity index (χ3n) is 3.66. The van der Waals surface area contributed by atoms with Gasteiger partial charge in [-0.2, -0.15) is 0 Å². The number of ketones is 1. The quantitative estimate of drug-likeness (QED) is 0.725. The normalized spacial score (nSPS) is 22.8. The molecule has 0 aromatic carbocycles. The van der Waals surface area contributed by atoms with Gasteiger partial charge in [-0.3, -0.25) is 14.4 Å². The van der Waals surface area contributed by atoms with E-state index >= 15 is 0 Å². The van der Waals surface area contributed by atoms with Crippen molar-refractivity contribution < 1.29 is 28.6 Å². The molecular weight excluding hydrogens is 288 g/mol. The first-order valence-corrected chi connectivity index (χ1v) is 7.10. The van der Waals surface area contributed by atoms with E-state index in [4.69, 9.17) is 14.2 Å². The number of methoxy groups -OCH3 is 1. The van der Waals surface area contributed by atoms with Gasteiger partial charge in [0.15, 0.2) is 5.76 Å². The van der Waals surface area contributed by atoms with E-state index in [9.17, 15) is 14.4 Å². The molecule has 0 heterocycles. The number of ether oxygens (including phenoxy) is 3. The van der Waals surface area contributed by atoms with Crippen molar-refractivity contribution >= 4 is 17.7 Å². The van der Waals surface area contributed by atoms with Crippen LogP contribution in [0.1, 0.15) is 41.0 Å². The zero-order valence-electron chi connectivity index (χ0n) is 13.8. The van der Waals surface area contributed by atoms with E-state index in [1.807, 2.05) is 6.92 Å². The summed E-state index contributed by atoms with van der Waals surface area (Å²) in [7, 11) is 1.40. The minimum atomic E-state index is -1.67. The Morgan fingerprint density at radius 1 is 1.36 bits per heavy atom. The zero-order chi connectivity index (χ0) is 17.1. The number of esters is 2. The molecule has 1 rings (SSSR count). The van der Waals surface area contributed by atoms with E-state index in [1.54, 1.807) is 13.8 Å². The highest BCUT2D eigenvalue weighted by Crippen LogP contribution is 2.35. The van der Waals surface area contributed by atoms with Gasteiger partial charge in [-0.05, 0) is 20.3 Å². The van der Waals surface area contributed by atoms with E-state index in [-0.39, 0.29) is 17.4 Å². The van der Waals surface area contributed by atoms with E-state index in [0.717, 1.165) is 0 Å². The largest absolute Gasteiger partial charge is 0.496 e. The molecule has 0 saturated heterocycles. The van der Waals surface area contributed by atoms with Crippen LogP contribution in [0.15, 0.2) is 23.2 Å². The first kappa shape index (κ1) is 17.9. The highest BCUT2D eigenvalue weighted by atomic mass is 16.6. The van der Waals surface area contributed by atoms with Gasteiger partial charge < -0.3 is 14.2 Å². The fraction of sp³-hybridized carbons (Fsp3) is 0.562.